The van der Waals surface area contributed by atoms with Gasteiger partial charge in [-0.05, 0) is 77.9 Å². The summed E-state index contributed by atoms with van der Waals surface area (Å²) in [6.45, 7) is 4.50. The maximum absolute atomic E-state index is 12.9. The standard InChI is InChI=1S/C29H30N2O5/c1-4-19-6-10-21(11-7-19)27(32)30-31-17-16-23-18-24(14-15-25(23)26(31)29(34)35-3)36-28(33)22-12-8-20(5-2)9-13-22/h6-15,18,26H,4-5,16-17H2,1-3H3,(H,30,32). The van der Waals surface area contributed by atoms with Crippen LogP contribution >= 0.6 is 0 Å². The van der Waals surface area contributed by atoms with Gasteiger partial charge in [-0.15, -0.1) is 0 Å². The van der Waals surface area contributed by atoms with Gasteiger partial charge in [-0.3, -0.25) is 10.2 Å². The lowest BCUT2D eigenvalue weighted by atomic mass is 9.93. The number of nitrogens with one attached hydrogen (secondary N) is 1. The number of fused-ring (bicyclic) bond motifs is 1. The molecule has 0 aromatic heterocycles. The number of benzene rings is 3. The van der Waals surface area contributed by atoms with Gasteiger partial charge in [-0.2, -0.15) is 0 Å². The maximum Gasteiger partial charge on any atom is 0.343 e. The Balaban J connectivity index is 1.52. The van der Waals surface area contributed by atoms with Crippen molar-refractivity contribution in [2.75, 3.05) is 13.7 Å². The summed E-state index contributed by atoms with van der Waals surface area (Å²) >= 11 is 0. The minimum absolute atomic E-state index is 0.297. The second-order valence-corrected chi connectivity index (χ2v) is 8.66. The molecule has 0 radical (unpaired) electrons. The molecule has 0 fully saturated rings. The molecule has 0 bridgehead atoms. The maximum atomic E-state index is 12.9. The molecule has 1 N–H and O–H groups in total. The predicted octanol–water partition coefficient (Wildman–Crippen LogP) is 4.45. The van der Waals surface area contributed by atoms with Gasteiger partial charge in [0.25, 0.3) is 5.91 Å². The van der Waals surface area contributed by atoms with Crippen molar-refractivity contribution in [3.05, 3.63) is 100 Å². The largest absolute Gasteiger partial charge is 0.468 e. The number of rotatable bonds is 7. The average molecular weight is 487 g/mol. The molecule has 1 unspecified atom stereocenters. The van der Waals surface area contributed by atoms with Crippen molar-refractivity contribution in [3.63, 3.8) is 0 Å². The topological polar surface area (TPSA) is 84.9 Å². The number of esters is 2. The zero-order chi connectivity index (χ0) is 25.7. The van der Waals surface area contributed by atoms with Crippen molar-refractivity contribution in [1.29, 1.82) is 0 Å². The number of hydrogen-bond acceptors (Lipinski definition) is 6. The first kappa shape index (κ1) is 25.1. The average Bonchev–Trinajstić information content (AvgIpc) is 2.92. The summed E-state index contributed by atoms with van der Waals surface area (Å²) in [6, 6.07) is 19.1. The molecule has 186 valence electrons. The molecule has 1 amide bonds. The van der Waals surface area contributed by atoms with Gasteiger partial charge in [0, 0.05) is 12.1 Å². The second kappa shape index (κ2) is 11.2. The summed E-state index contributed by atoms with van der Waals surface area (Å²) in [7, 11) is 1.32. The van der Waals surface area contributed by atoms with Crippen molar-refractivity contribution in [3.8, 4) is 5.75 Å². The van der Waals surface area contributed by atoms with E-state index in [0.29, 0.717) is 35.4 Å². The third-order valence-electron chi connectivity index (χ3n) is 6.45. The molecule has 3 aromatic rings. The van der Waals surface area contributed by atoms with Gasteiger partial charge in [-0.25, -0.2) is 14.6 Å². The molecular weight excluding hydrogens is 456 g/mol. The van der Waals surface area contributed by atoms with Crippen LogP contribution in [0, 0.1) is 0 Å². The van der Waals surface area contributed by atoms with Crippen LogP contribution in [-0.4, -0.2) is 36.5 Å². The fraction of sp³-hybridized carbons (Fsp3) is 0.276. The molecule has 0 spiro atoms. The number of carbonyl (C=O) groups excluding carboxylic acids is 3. The van der Waals surface area contributed by atoms with E-state index in [-0.39, 0.29) is 5.91 Å². The molecular formula is C29H30N2O5. The summed E-state index contributed by atoms with van der Waals surface area (Å²) in [5, 5.41) is 1.60. The number of amides is 1. The van der Waals surface area contributed by atoms with E-state index in [4.69, 9.17) is 9.47 Å². The number of ether oxygens (including phenoxy) is 2. The van der Waals surface area contributed by atoms with Crippen molar-refractivity contribution in [1.82, 2.24) is 10.4 Å². The van der Waals surface area contributed by atoms with E-state index in [2.05, 4.69) is 19.3 Å². The highest BCUT2D eigenvalue weighted by molar-refractivity contribution is 5.94. The zero-order valence-corrected chi connectivity index (χ0v) is 20.7. The molecule has 7 heteroatoms. The zero-order valence-electron chi connectivity index (χ0n) is 20.7. The van der Waals surface area contributed by atoms with Crippen molar-refractivity contribution >= 4 is 17.8 Å². The first-order valence-electron chi connectivity index (χ1n) is 12.1. The van der Waals surface area contributed by atoms with E-state index in [1.807, 2.05) is 24.3 Å². The Kier molecular flexibility index (Phi) is 7.80. The van der Waals surface area contributed by atoms with Crippen LogP contribution in [0.1, 0.15) is 62.9 Å². The van der Waals surface area contributed by atoms with Crippen LogP contribution < -0.4 is 10.2 Å². The number of carbonyl (C=O) groups is 3. The normalized spacial score (nSPS) is 15.0. The molecule has 3 aromatic carbocycles. The Hall–Kier alpha value is -3.97. The van der Waals surface area contributed by atoms with Crippen LogP contribution in [-0.2, 0) is 28.8 Å². The monoisotopic (exact) mass is 486 g/mol. The Labute approximate surface area is 211 Å². The molecule has 0 saturated heterocycles. The summed E-state index contributed by atoms with van der Waals surface area (Å²) < 4.78 is 10.6. The van der Waals surface area contributed by atoms with Gasteiger partial charge in [-0.1, -0.05) is 44.2 Å². The van der Waals surface area contributed by atoms with Gasteiger partial charge >= 0.3 is 11.9 Å². The van der Waals surface area contributed by atoms with Crippen LogP contribution in [0.3, 0.4) is 0 Å². The molecule has 0 aliphatic carbocycles. The summed E-state index contributed by atoms with van der Waals surface area (Å²) in [6.07, 6.45) is 2.33. The molecule has 1 heterocycles. The molecule has 0 saturated carbocycles. The lowest BCUT2D eigenvalue weighted by Crippen LogP contribution is -2.50. The van der Waals surface area contributed by atoms with Crippen LogP contribution in [0.5, 0.6) is 5.75 Å². The Morgan fingerprint density at radius 1 is 0.889 bits per heavy atom. The molecule has 36 heavy (non-hydrogen) atoms. The lowest BCUT2D eigenvalue weighted by molar-refractivity contribution is -0.148. The van der Waals surface area contributed by atoms with E-state index in [0.717, 1.165) is 29.5 Å². The fourth-order valence-electron chi connectivity index (χ4n) is 4.28. The first-order valence-corrected chi connectivity index (χ1v) is 12.1. The Morgan fingerprint density at radius 2 is 1.50 bits per heavy atom. The minimum atomic E-state index is -0.816. The van der Waals surface area contributed by atoms with Crippen LogP contribution in [0.25, 0.3) is 0 Å². The highest BCUT2D eigenvalue weighted by Crippen LogP contribution is 2.32. The minimum Gasteiger partial charge on any atom is -0.468 e. The third-order valence-corrected chi connectivity index (χ3v) is 6.45. The van der Waals surface area contributed by atoms with Gasteiger partial charge in [0.2, 0.25) is 0 Å². The molecule has 7 nitrogen and oxygen atoms in total. The highest BCUT2D eigenvalue weighted by Gasteiger charge is 2.35. The van der Waals surface area contributed by atoms with Gasteiger partial charge in [0.1, 0.15) is 5.75 Å². The van der Waals surface area contributed by atoms with Gasteiger partial charge in [0.15, 0.2) is 6.04 Å². The SMILES string of the molecule is CCc1ccc(C(=O)NN2CCc3cc(OC(=O)c4ccc(CC)cc4)ccc3C2C(=O)OC)cc1. The first-order chi connectivity index (χ1) is 17.4. The van der Waals surface area contributed by atoms with Crippen LogP contribution in [0.4, 0.5) is 0 Å². The molecule has 4 rings (SSSR count). The van der Waals surface area contributed by atoms with E-state index in [9.17, 15) is 14.4 Å². The summed E-state index contributed by atoms with van der Waals surface area (Å²) in [5.41, 5.74) is 7.68. The highest BCUT2D eigenvalue weighted by atomic mass is 16.5. The molecule has 1 atom stereocenters. The summed E-state index contributed by atoms with van der Waals surface area (Å²) in [5.74, 6) is -0.829. The van der Waals surface area contributed by atoms with Crippen molar-refractivity contribution < 1.29 is 23.9 Å². The molecule has 1 aliphatic heterocycles. The van der Waals surface area contributed by atoms with E-state index in [1.54, 1.807) is 47.5 Å². The quantitative estimate of drug-likeness (QED) is 0.392. The van der Waals surface area contributed by atoms with E-state index < -0.39 is 18.0 Å². The van der Waals surface area contributed by atoms with E-state index in [1.165, 1.54) is 7.11 Å². The lowest BCUT2D eigenvalue weighted by Gasteiger charge is -2.35. The van der Waals surface area contributed by atoms with E-state index >= 15 is 0 Å². The van der Waals surface area contributed by atoms with Gasteiger partial charge < -0.3 is 9.47 Å². The second-order valence-electron chi connectivity index (χ2n) is 8.66. The predicted molar refractivity (Wildman–Crippen MR) is 136 cm³/mol. The fourth-order valence-corrected chi connectivity index (χ4v) is 4.28. The van der Waals surface area contributed by atoms with Crippen molar-refractivity contribution in [2.24, 2.45) is 0 Å². The molecule has 1 aliphatic rings. The Morgan fingerprint density at radius 3 is 2.08 bits per heavy atom. The number of methoxy groups -OCH3 is 1. The summed E-state index contributed by atoms with van der Waals surface area (Å²) in [4.78, 5) is 38.2. The third kappa shape index (κ3) is 5.47. The van der Waals surface area contributed by atoms with Crippen LogP contribution in [0.15, 0.2) is 66.7 Å². The number of hydrogen-bond donors (Lipinski definition) is 1. The number of hydrazine groups is 1. The smallest absolute Gasteiger partial charge is 0.343 e. The number of aryl methyl sites for hydroxylation is 2. The van der Waals surface area contributed by atoms with Gasteiger partial charge in [0.05, 0.1) is 12.7 Å². The van der Waals surface area contributed by atoms with Crippen molar-refractivity contribution in [2.45, 2.75) is 39.2 Å². The van der Waals surface area contributed by atoms with Crippen LogP contribution in [0.2, 0.25) is 0 Å². The number of nitrogens with zero attached hydrogens (tertiary/aromatic N) is 1. The Bertz CT molecular complexity index is 1250.